The molecule has 2 unspecified atom stereocenters. The van der Waals surface area contributed by atoms with Gasteiger partial charge in [0.15, 0.2) is 0 Å². The Morgan fingerprint density at radius 2 is 1.69 bits per heavy atom. The molecule has 2 atom stereocenters. The molecule has 2 aromatic carbocycles. The molecule has 2 aliphatic rings. The zero-order chi connectivity index (χ0) is 22.7. The van der Waals surface area contributed by atoms with Crippen molar-refractivity contribution in [2.45, 2.75) is 25.2 Å². The second kappa shape index (κ2) is 9.59. The molecule has 0 N–H and O–H groups in total. The van der Waals surface area contributed by atoms with Gasteiger partial charge in [-0.3, -0.25) is 9.59 Å². The number of amides is 2. The average Bonchev–Trinajstić information content (AvgIpc) is 3.29. The van der Waals surface area contributed by atoms with Crippen molar-refractivity contribution in [3.63, 3.8) is 0 Å². The predicted molar refractivity (Wildman–Crippen MR) is 119 cm³/mol. The Balaban J connectivity index is 1.69. The van der Waals surface area contributed by atoms with Crippen LogP contribution in [-0.2, 0) is 4.79 Å². The highest BCUT2D eigenvalue weighted by atomic mass is 19.1. The smallest absolute Gasteiger partial charge is 0.256 e. The van der Waals surface area contributed by atoms with E-state index in [4.69, 9.17) is 9.47 Å². The number of likely N-dealkylation sites (tertiary alicyclic amines) is 2. The zero-order valence-electron chi connectivity index (χ0n) is 18.6. The van der Waals surface area contributed by atoms with E-state index in [2.05, 4.69) is 0 Å². The Kier molecular flexibility index (Phi) is 6.63. The van der Waals surface area contributed by atoms with Crippen molar-refractivity contribution in [3.05, 3.63) is 59.4 Å². The highest BCUT2D eigenvalue weighted by Crippen LogP contribution is 2.41. The molecule has 4 rings (SSSR count). The van der Waals surface area contributed by atoms with Crippen molar-refractivity contribution in [3.8, 4) is 11.5 Å². The number of halogens is 1. The van der Waals surface area contributed by atoms with E-state index in [1.807, 2.05) is 17.0 Å². The van der Waals surface area contributed by atoms with E-state index in [9.17, 15) is 14.0 Å². The van der Waals surface area contributed by atoms with Gasteiger partial charge in [0.25, 0.3) is 5.91 Å². The lowest BCUT2D eigenvalue weighted by molar-refractivity contribution is -0.136. The molecule has 0 spiro atoms. The Morgan fingerprint density at radius 3 is 2.38 bits per heavy atom. The van der Waals surface area contributed by atoms with Gasteiger partial charge in [0.2, 0.25) is 5.91 Å². The molecule has 0 bridgehead atoms. The molecule has 32 heavy (non-hydrogen) atoms. The van der Waals surface area contributed by atoms with Gasteiger partial charge >= 0.3 is 0 Å². The van der Waals surface area contributed by atoms with Crippen molar-refractivity contribution >= 4 is 11.8 Å². The first kappa shape index (κ1) is 22.1. The molecule has 0 radical (unpaired) electrons. The number of methoxy groups -OCH3 is 2. The van der Waals surface area contributed by atoms with Gasteiger partial charge in [-0.15, -0.1) is 0 Å². The van der Waals surface area contributed by atoms with Crippen molar-refractivity contribution < 1.29 is 23.5 Å². The molecule has 2 aromatic rings. The molecular formula is C25H29FN2O4. The number of ether oxygens (including phenoxy) is 2. The highest BCUT2D eigenvalue weighted by molar-refractivity contribution is 5.95. The van der Waals surface area contributed by atoms with E-state index < -0.39 is 17.6 Å². The number of nitrogens with zero attached hydrogens (tertiary/aromatic N) is 2. The van der Waals surface area contributed by atoms with Crippen molar-refractivity contribution in [1.82, 2.24) is 9.80 Å². The fourth-order valence-corrected chi connectivity index (χ4v) is 4.82. The number of carbonyl (C=O) groups excluding carboxylic acids is 2. The summed E-state index contributed by atoms with van der Waals surface area (Å²) in [5.74, 6) is -0.308. The topological polar surface area (TPSA) is 59.1 Å². The van der Waals surface area contributed by atoms with Crippen LogP contribution >= 0.6 is 0 Å². The van der Waals surface area contributed by atoms with Gasteiger partial charge in [-0.1, -0.05) is 12.1 Å². The summed E-state index contributed by atoms with van der Waals surface area (Å²) in [4.78, 5) is 30.2. The molecule has 2 heterocycles. The summed E-state index contributed by atoms with van der Waals surface area (Å²) in [7, 11) is 3.18. The third kappa shape index (κ3) is 4.29. The minimum absolute atomic E-state index is 0.0231. The summed E-state index contributed by atoms with van der Waals surface area (Å²) in [6.07, 6.45) is 3.10. The molecule has 7 heteroatoms. The maximum absolute atomic E-state index is 14.3. The first-order valence-corrected chi connectivity index (χ1v) is 11.1. The third-order valence-corrected chi connectivity index (χ3v) is 6.53. The lowest BCUT2D eigenvalue weighted by atomic mass is 9.86. The molecule has 0 aromatic heterocycles. The second-order valence-electron chi connectivity index (χ2n) is 8.40. The molecule has 2 aliphatic heterocycles. The van der Waals surface area contributed by atoms with E-state index in [1.54, 1.807) is 37.3 Å². The van der Waals surface area contributed by atoms with Crippen LogP contribution in [0.4, 0.5) is 4.39 Å². The number of hydrogen-bond donors (Lipinski definition) is 0. The van der Waals surface area contributed by atoms with Gasteiger partial charge in [-0.25, -0.2) is 4.39 Å². The Bertz CT molecular complexity index is 990. The minimum atomic E-state index is -0.557. The predicted octanol–water partition coefficient (Wildman–Crippen LogP) is 3.71. The minimum Gasteiger partial charge on any atom is -0.497 e. The number of benzene rings is 2. The van der Waals surface area contributed by atoms with Gasteiger partial charge in [0.1, 0.15) is 17.3 Å². The first-order chi connectivity index (χ1) is 15.5. The molecule has 0 aliphatic carbocycles. The highest BCUT2D eigenvalue weighted by Gasteiger charge is 2.43. The van der Waals surface area contributed by atoms with E-state index in [0.29, 0.717) is 18.0 Å². The molecule has 2 saturated heterocycles. The van der Waals surface area contributed by atoms with Crippen LogP contribution in [0.3, 0.4) is 0 Å². The third-order valence-electron chi connectivity index (χ3n) is 6.53. The zero-order valence-corrected chi connectivity index (χ0v) is 18.6. The molecule has 0 saturated carbocycles. The SMILES string of the molecule is COc1ccc(OC)c(C2CN(C(=O)c3ccccc3F)CC2C(=O)N2CCCCC2)c1. The van der Waals surface area contributed by atoms with Crippen LogP contribution in [0.5, 0.6) is 11.5 Å². The molecular weight excluding hydrogens is 411 g/mol. The van der Waals surface area contributed by atoms with Crippen LogP contribution in [0.15, 0.2) is 42.5 Å². The van der Waals surface area contributed by atoms with Crippen LogP contribution in [0.1, 0.15) is 41.1 Å². The summed E-state index contributed by atoms with van der Waals surface area (Å²) in [5.41, 5.74) is 0.848. The Labute approximate surface area is 187 Å². The van der Waals surface area contributed by atoms with Crippen LogP contribution in [0, 0.1) is 11.7 Å². The lowest BCUT2D eigenvalue weighted by Gasteiger charge is -2.31. The van der Waals surface area contributed by atoms with Crippen molar-refractivity contribution in [1.29, 1.82) is 0 Å². The summed E-state index contributed by atoms with van der Waals surface area (Å²) in [6.45, 7) is 2.02. The van der Waals surface area contributed by atoms with Gasteiger partial charge in [-0.2, -0.15) is 0 Å². The van der Waals surface area contributed by atoms with E-state index in [1.165, 1.54) is 12.1 Å². The van der Waals surface area contributed by atoms with Crippen LogP contribution in [0.25, 0.3) is 0 Å². The number of piperidine rings is 1. The Hall–Kier alpha value is -3.09. The molecule has 2 fully saturated rings. The number of carbonyl (C=O) groups is 2. The van der Waals surface area contributed by atoms with Crippen LogP contribution < -0.4 is 9.47 Å². The average molecular weight is 441 g/mol. The Morgan fingerprint density at radius 1 is 0.938 bits per heavy atom. The monoisotopic (exact) mass is 440 g/mol. The molecule has 170 valence electrons. The maximum Gasteiger partial charge on any atom is 0.256 e. The maximum atomic E-state index is 14.3. The fraction of sp³-hybridized carbons (Fsp3) is 0.440. The number of rotatable bonds is 5. The van der Waals surface area contributed by atoms with Gasteiger partial charge in [0.05, 0.1) is 25.7 Å². The normalized spacial score (nSPS) is 20.8. The quantitative estimate of drug-likeness (QED) is 0.711. The molecule has 2 amide bonds. The summed E-state index contributed by atoms with van der Waals surface area (Å²) >= 11 is 0. The largest absolute Gasteiger partial charge is 0.497 e. The van der Waals surface area contributed by atoms with Crippen LogP contribution in [0.2, 0.25) is 0 Å². The van der Waals surface area contributed by atoms with Crippen molar-refractivity contribution in [2.75, 3.05) is 40.4 Å². The van der Waals surface area contributed by atoms with Crippen LogP contribution in [-0.4, -0.2) is 62.0 Å². The lowest BCUT2D eigenvalue weighted by Crippen LogP contribution is -2.42. The van der Waals surface area contributed by atoms with Gasteiger partial charge in [0, 0.05) is 37.7 Å². The van der Waals surface area contributed by atoms with Crippen molar-refractivity contribution in [2.24, 2.45) is 5.92 Å². The fourth-order valence-electron chi connectivity index (χ4n) is 4.82. The molecule has 6 nitrogen and oxygen atoms in total. The standard InChI is InChI=1S/C25H29FN2O4/c1-31-17-10-11-23(32-2)19(14-17)20-15-28(24(29)18-8-4-5-9-22(18)26)16-21(20)25(30)27-12-6-3-7-13-27/h4-5,8-11,14,20-21H,3,6-7,12-13,15-16H2,1-2H3. The van der Waals surface area contributed by atoms with E-state index >= 15 is 0 Å². The number of hydrogen-bond acceptors (Lipinski definition) is 4. The van der Waals surface area contributed by atoms with E-state index in [0.717, 1.165) is 37.9 Å². The van der Waals surface area contributed by atoms with E-state index in [-0.39, 0.29) is 23.9 Å². The van der Waals surface area contributed by atoms with Gasteiger partial charge in [-0.05, 0) is 49.6 Å². The summed E-state index contributed by atoms with van der Waals surface area (Å²) in [6, 6.07) is 11.5. The summed E-state index contributed by atoms with van der Waals surface area (Å²) in [5, 5.41) is 0. The second-order valence-corrected chi connectivity index (χ2v) is 8.40. The summed E-state index contributed by atoms with van der Waals surface area (Å²) < 4.78 is 25.3. The first-order valence-electron chi connectivity index (χ1n) is 11.1. The van der Waals surface area contributed by atoms with Gasteiger partial charge < -0.3 is 19.3 Å².